The summed E-state index contributed by atoms with van der Waals surface area (Å²) in [6.45, 7) is 3.68. The highest BCUT2D eigenvalue weighted by molar-refractivity contribution is 5.66. The molecular formula is C29H30F3N7O3. The highest BCUT2D eigenvalue weighted by atomic mass is 19.4. The zero-order valence-electron chi connectivity index (χ0n) is 23.3. The summed E-state index contributed by atoms with van der Waals surface area (Å²) >= 11 is 0. The molecule has 1 aliphatic carbocycles. The van der Waals surface area contributed by atoms with Crippen molar-refractivity contribution in [3.8, 4) is 34.5 Å². The number of morpholine rings is 1. The standard InChI is InChI=1S/C29H30F3N7O3/c1-38-15-22(29(30,31)32)36-26(38)20-5-3-18(4-6-20)16-42-27-21(14-39-9-11-41-12-10-39)13-33-25(37-27)23-24(19-7-8-19)34-17-35-28(23)40-2/h3-6,13,15,17,19H,7-12,14,16H2,1-2H3. The molecule has 1 aromatic carbocycles. The number of rotatable bonds is 9. The van der Waals surface area contributed by atoms with Crippen LogP contribution in [0.4, 0.5) is 13.2 Å². The van der Waals surface area contributed by atoms with Crippen molar-refractivity contribution < 1.29 is 27.4 Å². The third-order valence-electron chi connectivity index (χ3n) is 7.30. The Labute approximate surface area is 240 Å². The molecule has 0 unspecified atom stereocenters. The lowest BCUT2D eigenvalue weighted by Crippen LogP contribution is -2.35. The molecule has 0 N–H and O–H groups in total. The van der Waals surface area contributed by atoms with Crippen LogP contribution in [0.2, 0.25) is 0 Å². The van der Waals surface area contributed by atoms with Crippen LogP contribution in [0, 0.1) is 0 Å². The molecule has 1 saturated heterocycles. The van der Waals surface area contributed by atoms with Gasteiger partial charge in [-0.25, -0.2) is 19.9 Å². The maximum absolute atomic E-state index is 13.1. The molecular weight excluding hydrogens is 551 g/mol. The van der Waals surface area contributed by atoms with E-state index in [4.69, 9.17) is 19.2 Å². The topological polar surface area (TPSA) is 100 Å². The minimum absolute atomic E-state index is 0.194. The van der Waals surface area contributed by atoms with E-state index in [9.17, 15) is 13.2 Å². The fourth-order valence-corrected chi connectivity index (χ4v) is 4.93. The van der Waals surface area contributed by atoms with Gasteiger partial charge in [-0.2, -0.15) is 18.2 Å². The summed E-state index contributed by atoms with van der Waals surface area (Å²) in [5.74, 6) is 1.83. The Morgan fingerprint density at radius 2 is 1.76 bits per heavy atom. The van der Waals surface area contributed by atoms with Gasteiger partial charge in [0.15, 0.2) is 11.5 Å². The van der Waals surface area contributed by atoms with Crippen LogP contribution in [-0.4, -0.2) is 67.8 Å². The highest BCUT2D eigenvalue weighted by Gasteiger charge is 2.35. The van der Waals surface area contributed by atoms with Gasteiger partial charge in [0.1, 0.15) is 24.3 Å². The number of imidazole rings is 1. The first-order valence-electron chi connectivity index (χ1n) is 13.7. The third-order valence-corrected chi connectivity index (χ3v) is 7.30. The first-order chi connectivity index (χ1) is 20.3. The smallest absolute Gasteiger partial charge is 0.434 e. The second kappa shape index (κ2) is 11.6. The minimum atomic E-state index is -4.51. The molecule has 220 valence electrons. The number of alkyl halides is 3. The second-order valence-corrected chi connectivity index (χ2v) is 10.4. The molecule has 0 radical (unpaired) electrons. The first kappa shape index (κ1) is 28.0. The van der Waals surface area contributed by atoms with Crippen molar-refractivity contribution in [1.82, 2.24) is 34.4 Å². The summed E-state index contributed by atoms with van der Waals surface area (Å²) in [6, 6.07) is 7.07. The van der Waals surface area contributed by atoms with E-state index < -0.39 is 11.9 Å². The minimum Gasteiger partial charge on any atom is -0.480 e. The van der Waals surface area contributed by atoms with Gasteiger partial charge in [-0.05, 0) is 18.4 Å². The van der Waals surface area contributed by atoms with Crippen molar-refractivity contribution in [2.75, 3.05) is 33.4 Å². The van der Waals surface area contributed by atoms with E-state index in [0.29, 0.717) is 54.4 Å². The lowest BCUT2D eigenvalue weighted by Gasteiger charge is -2.27. The zero-order chi connectivity index (χ0) is 29.3. The number of methoxy groups -OCH3 is 1. The molecule has 2 fully saturated rings. The van der Waals surface area contributed by atoms with E-state index >= 15 is 0 Å². The van der Waals surface area contributed by atoms with Crippen molar-refractivity contribution in [3.05, 3.63) is 65.5 Å². The summed E-state index contributed by atoms with van der Waals surface area (Å²) in [5.41, 5.74) is 2.83. The molecule has 6 rings (SSSR count). The maximum atomic E-state index is 13.1. The van der Waals surface area contributed by atoms with Crippen LogP contribution in [0.1, 0.15) is 41.3 Å². The van der Waals surface area contributed by atoms with Gasteiger partial charge in [-0.15, -0.1) is 0 Å². The predicted octanol–water partition coefficient (Wildman–Crippen LogP) is 4.65. The van der Waals surface area contributed by atoms with Gasteiger partial charge in [-0.3, -0.25) is 4.90 Å². The van der Waals surface area contributed by atoms with E-state index in [-0.39, 0.29) is 12.4 Å². The van der Waals surface area contributed by atoms with E-state index in [1.165, 1.54) is 10.9 Å². The molecule has 0 spiro atoms. The Hall–Kier alpha value is -4.10. The summed E-state index contributed by atoms with van der Waals surface area (Å²) in [6.07, 6.45) is 1.83. The van der Waals surface area contributed by atoms with Crippen LogP contribution >= 0.6 is 0 Å². The van der Waals surface area contributed by atoms with Crippen LogP contribution in [0.5, 0.6) is 11.8 Å². The molecule has 0 bridgehead atoms. The van der Waals surface area contributed by atoms with Gasteiger partial charge < -0.3 is 18.8 Å². The van der Waals surface area contributed by atoms with Crippen molar-refractivity contribution >= 4 is 0 Å². The number of aryl methyl sites for hydroxylation is 1. The quantitative estimate of drug-likeness (QED) is 0.280. The maximum Gasteiger partial charge on any atom is 0.434 e. The molecule has 1 aliphatic heterocycles. The van der Waals surface area contributed by atoms with Crippen LogP contribution < -0.4 is 9.47 Å². The summed E-state index contributed by atoms with van der Waals surface area (Å²) in [4.78, 5) is 24.4. The van der Waals surface area contributed by atoms with Gasteiger partial charge >= 0.3 is 6.18 Å². The number of hydrogen-bond donors (Lipinski definition) is 0. The first-order valence-corrected chi connectivity index (χ1v) is 13.7. The Morgan fingerprint density at radius 3 is 2.43 bits per heavy atom. The fourth-order valence-electron chi connectivity index (χ4n) is 4.93. The Balaban J connectivity index is 1.27. The average molecular weight is 582 g/mol. The largest absolute Gasteiger partial charge is 0.480 e. The fraction of sp³-hybridized carbons (Fsp3) is 0.414. The van der Waals surface area contributed by atoms with Crippen molar-refractivity contribution in [1.29, 1.82) is 0 Å². The molecule has 3 aromatic heterocycles. The molecule has 1 saturated carbocycles. The summed E-state index contributed by atoms with van der Waals surface area (Å²) < 4.78 is 58.0. The van der Waals surface area contributed by atoms with E-state index in [1.54, 1.807) is 44.6 Å². The Bertz CT molecular complexity index is 1550. The lowest BCUT2D eigenvalue weighted by atomic mass is 10.1. The van der Waals surface area contributed by atoms with Crippen LogP contribution in [0.15, 0.2) is 43.0 Å². The number of ether oxygens (including phenoxy) is 3. The highest BCUT2D eigenvalue weighted by Crippen LogP contribution is 2.45. The monoisotopic (exact) mass is 581 g/mol. The van der Waals surface area contributed by atoms with E-state index in [1.807, 2.05) is 0 Å². The molecule has 0 amide bonds. The molecule has 4 heterocycles. The number of hydrogen-bond acceptors (Lipinski definition) is 9. The van der Waals surface area contributed by atoms with Gasteiger partial charge in [0, 0.05) is 56.1 Å². The predicted molar refractivity (Wildman–Crippen MR) is 146 cm³/mol. The van der Waals surface area contributed by atoms with Crippen LogP contribution in [0.3, 0.4) is 0 Å². The number of benzene rings is 1. The molecule has 42 heavy (non-hydrogen) atoms. The van der Waals surface area contributed by atoms with Gasteiger partial charge in [0.2, 0.25) is 11.8 Å². The number of aromatic nitrogens is 6. The summed E-state index contributed by atoms with van der Waals surface area (Å²) in [5, 5.41) is 0. The van der Waals surface area contributed by atoms with Crippen molar-refractivity contribution in [2.45, 2.75) is 38.1 Å². The normalized spacial score (nSPS) is 16.0. The van der Waals surface area contributed by atoms with E-state index in [0.717, 1.165) is 48.9 Å². The molecule has 4 aromatic rings. The SMILES string of the molecule is COc1ncnc(C2CC2)c1-c1ncc(CN2CCOCC2)c(OCc2ccc(-c3nc(C(F)(F)F)cn3C)cc2)n1. The van der Waals surface area contributed by atoms with Crippen molar-refractivity contribution in [3.63, 3.8) is 0 Å². The third kappa shape index (κ3) is 6.07. The molecule has 10 nitrogen and oxygen atoms in total. The van der Waals surface area contributed by atoms with Crippen LogP contribution in [-0.2, 0) is 31.1 Å². The lowest BCUT2D eigenvalue weighted by molar-refractivity contribution is -0.140. The molecule has 0 atom stereocenters. The van der Waals surface area contributed by atoms with Gasteiger partial charge in [0.05, 0.1) is 26.0 Å². The van der Waals surface area contributed by atoms with Gasteiger partial charge in [0.25, 0.3) is 0 Å². The van der Waals surface area contributed by atoms with Gasteiger partial charge in [-0.1, -0.05) is 24.3 Å². The second-order valence-electron chi connectivity index (χ2n) is 10.4. The Morgan fingerprint density at radius 1 is 1.00 bits per heavy atom. The Kier molecular flexibility index (Phi) is 7.78. The molecule has 2 aliphatic rings. The number of nitrogens with zero attached hydrogens (tertiary/aromatic N) is 7. The average Bonchev–Trinajstić information content (AvgIpc) is 3.77. The van der Waals surface area contributed by atoms with Crippen LogP contribution in [0.25, 0.3) is 22.8 Å². The summed E-state index contributed by atoms with van der Waals surface area (Å²) in [7, 11) is 3.10. The zero-order valence-corrected chi connectivity index (χ0v) is 23.3. The van der Waals surface area contributed by atoms with Crippen molar-refractivity contribution in [2.24, 2.45) is 7.05 Å². The molecule has 13 heteroatoms. The van der Waals surface area contributed by atoms with E-state index in [2.05, 4.69) is 24.8 Å². The number of halogens is 3.